The fourth-order valence-electron chi connectivity index (χ4n) is 2.97. The molecular weight excluding hydrogens is 372 g/mol. The van der Waals surface area contributed by atoms with Gasteiger partial charge >= 0.3 is 0 Å². The van der Waals surface area contributed by atoms with Gasteiger partial charge in [0.2, 0.25) is 5.91 Å². The smallest absolute Gasteiger partial charge is 0.261 e. The third-order valence-corrected chi connectivity index (χ3v) is 5.99. The third kappa shape index (κ3) is 4.77. The number of nitrogens with one attached hydrogen (secondary N) is 1. The SMILES string of the molecule is O=C(Cc1ccc(NS(=O)(=O)c2cccc(Cl)c2)cc1)N1CCCCC1. The number of hydrogen-bond donors (Lipinski definition) is 1. The molecule has 0 aliphatic carbocycles. The number of rotatable bonds is 5. The Bertz CT molecular complexity index is 876. The quantitative estimate of drug-likeness (QED) is 0.843. The highest BCUT2D eigenvalue weighted by Gasteiger charge is 2.17. The molecule has 138 valence electrons. The Morgan fingerprint density at radius 3 is 2.38 bits per heavy atom. The molecule has 2 aromatic rings. The summed E-state index contributed by atoms with van der Waals surface area (Å²) in [6.45, 7) is 1.66. The minimum Gasteiger partial charge on any atom is -0.342 e. The molecule has 3 rings (SSSR count). The van der Waals surface area contributed by atoms with Crippen LogP contribution >= 0.6 is 11.6 Å². The summed E-state index contributed by atoms with van der Waals surface area (Å²) in [6, 6.07) is 13.0. The number of hydrogen-bond acceptors (Lipinski definition) is 3. The number of carbonyl (C=O) groups is 1. The first-order valence-electron chi connectivity index (χ1n) is 8.59. The van der Waals surface area contributed by atoms with E-state index in [1.54, 1.807) is 36.4 Å². The molecule has 2 aromatic carbocycles. The molecule has 5 nitrogen and oxygen atoms in total. The number of nitrogens with zero attached hydrogens (tertiary/aromatic N) is 1. The maximum absolute atomic E-state index is 12.4. The number of sulfonamides is 1. The van der Waals surface area contributed by atoms with Crippen LogP contribution < -0.4 is 4.72 Å². The van der Waals surface area contributed by atoms with Crippen LogP contribution in [0.25, 0.3) is 0 Å². The van der Waals surface area contributed by atoms with Crippen LogP contribution in [0.1, 0.15) is 24.8 Å². The molecule has 0 bridgehead atoms. The summed E-state index contributed by atoms with van der Waals surface area (Å²) in [7, 11) is -3.70. The Kier molecular flexibility index (Phi) is 5.84. The summed E-state index contributed by atoms with van der Waals surface area (Å²) in [6.07, 6.45) is 3.65. The molecule has 1 N–H and O–H groups in total. The van der Waals surface area contributed by atoms with Crippen molar-refractivity contribution in [1.82, 2.24) is 4.90 Å². The number of halogens is 1. The van der Waals surface area contributed by atoms with E-state index in [-0.39, 0.29) is 10.8 Å². The molecule has 1 aliphatic heterocycles. The molecule has 0 unspecified atom stereocenters. The van der Waals surface area contributed by atoms with Gasteiger partial charge in [0.25, 0.3) is 10.0 Å². The summed E-state index contributed by atoms with van der Waals surface area (Å²) in [5.74, 6) is 0.122. The van der Waals surface area contributed by atoms with Gasteiger partial charge in [-0.15, -0.1) is 0 Å². The molecule has 0 radical (unpaired) electrons. The van der Waals surface area contributed by atoms with E-state index in [1.165, 1.54) is 18.6 Å². The summed E-state index contributed by atoms with van der Waals surface area (Å²) < 4.78 is 27.3. The lowest BCUT2D eigenvalue weighted by Gasteiger charge is -2.26. The van der Waals surface area contributed by atoms with E-state index in [9.17, 15) is 13.2 Å². The summed E-state index contributed by atoms with van der Waals surface area (Å²) >= 11 is 5.86. The predicted octanol–water partition coefficient (Wildman–Crippen LogP) is 3.70. The van der Waals surface area contributed by atoms with Crippen molar-refractivity contribution in [3.05, 3.63) is 59.1 Å². The molecule has 1 amide bonds. The van der Waals surface area contributed by atoms with Crippen LogP contribution in [0.5, 0.6) is 0 Å². The van der Waals surface area contributed by atoms with Crippen molar-refractivity contribution in [2.24, 2.45) is 0 Å². The van der Waals surface area contributed by atoms with Crippen LogP contribution in [0.4, 0.5) is 5.69 Å². The molecule has 1 fully saturated rings. The van der Waals surface area contributed by atoms with Crippen molar-refractivity contribution in [2.45, 2.75) is 30.6 Å². The first kappa shape index (κ1) is 18.7. The van der Waals surface area contributed by atoms with Gasteiger partial charge in [0.1, 0.15) is 0 Å². The Hall–Kier alpha value is -2.05. The molecule has 0 atom stereocenters. The predicted molar refractivity (Wildman–Crippen MR) is 103 cm³/mol. The van der Waals surface area contributed by atoms with Crippen LogP contribution in [0.2, 0.25) is 5.02 Å². The summed E-state index contributed by atoms with van der Waals surface area (Å²) in [5.41, 5.74) is 1.31. The second-order valence-electron chi connectivity index (χ2n) is 6.38. The van der Waals surface area contributed by atoms with Crippen LogP contribution in [0.3, 0.4) is 0 Å². The maximum atomic E-state index is 12.4. The molecule has 7 heteroatoms. The monoisotopic (exact) mass is 392 g/mol. The third-order valence-electron chi connectivity index (χ3n) is 4.38. The van der Waals surface area contributed by atoms with Gasteiger partial charge in [-0.05, 0) is 55.2 Å². The molecule has 0 saturated carbocycles. The Morgan fingerprint density at radius 2 is 1.73 bits per heavy atom. The highest BCUT2D eigenvalue weighted by atomic mass is 35.5. The largest absolute Gasteiger partial charge is 0.342 e. The minimum absolute atomic E-state index is 0.106. The molecular formula is C19H21ClN2O3S. The standard InChI is InChI=1S/C19H21ClN2O3S/c20-16-5-4-6-18(14-16)26(24,25)21-17-9-7-15(8-10-17)13-19(23)22-11-2-1-3-12-22/h4-10,14,21H,1-3,11-13H2. The number of carbonyl (C=O) groups excluding carboxylic acids is 1. The van der Waals surface area contributed by atoms with Gasteiger partial charge in [0.05, 0.1) is 11.3 Å². The Morgan fingerprint density at radius 1 is 1.04 bits per heavy atom. The Labute approximate surface area is 159 Å². The number of piperidine rings is 1. The second-order valence-corrected chi connectivity index (χ2v) is 8.50. The summed E-state index contributed by atoms with van der Waals surface area (Å²) in [5, 5.41) is 0.361. The van der Waals surface area contributed by atoms with Gasteiger partial charge in [0, 0.05) is 23.8 Å². The maximum Gasteiger partial charge on any atom is 0.261 e. The van der Waals surface area contributed by atoms with Gasteiger partial charge in [0.15, 0.2) is 0 Å². The van der Waals surface area contributed by atoms with Gasteiger partial charge in [-0.25, -0.2) is 8.42 Å². The molecule has 26 heavy (non-hydrogen) atoms. The Balaban J connectivity index is 1.65. The van der Waals surface area contributed by atoms with Crippen molar-refractivity contribution in [1.29, 1.82) is 0 Å². The minimum atomic E-state index is -3.70. The normalized spacial score (nSPS) is 14.9. The van der Waals surface area contributed by atoms with Gasteiger partial charge < -0.3 is 4.90 Å². The van der Waals surface area contributed by atoms with E-state index < -0.39 is 10.0 Å². The average Bonchev–Trinajstić information content (AvgIpc) is 2.64. The van der Waals surface area contributed by atoms with E-state index in [4.69, 9.17) is 11.6 Å². The average molecular weight is 393 g/mol. The zero-order chi connectivity index (χ0) is 18.6. The van der Waals surface area contributed by atoms with Crippen molar-refractivity contribution in [3.8, 4) is 0 Å². The number of amides is 1. The van der Waals surface area contributed by atoms with Crippen molar-refractivity contribution < 1.29 is 13.2 Å². The lowest BCUT2D eigenvalue weighted by molar-refractivity contribution is -0.131. The van der Waals surface area contributed by atoms with Crippen LogP contribution in [-0.4, -0.2) is 32.3 Å². The fraction of sp³-hybridized carbons (Fsp3) is 0.316. The first-order chi connectivity index (χ1) is 12.4. The molecule has 0 spiro atoms. The lowest BCUT2D eigenvalue weighted by atomic mass is 10.1. The first-order valence-corrected chi connectivity index (χ1v) is 10.5. The van der Waals surface area contributed by atoms with E-state index in [0.29, 0.717) is 17.1 Å². The number of anilines is 1. The molecule has 1 aliphatic rings. The van der Waals surface area contributed by atoms with Crippen molar-refractivity contribution in [3.63, 3.8) is 0 Å². The van der Waals surface area contributed by atoms with E-state index in [0.717, 1.165) is 31.5 Å². The van der Waals surface area contributed by atoms with E-state index in [2.05, 4.69) is 4.72 Å². The highest BCUT2D eigenvalue weighted by Crippen LogP contribution is 2.20. The highest BCUT2D eigenvalue weighted by molar-refractivity contribution is 7.92. The van der Waals surface area contributed by atoms with Gasteiger partial charge in [-0.2, -0.15) is 0 Å². The van der Waals surface area contributed by atoms with Crippen LogP contribution in [0.15, 0.2) is 53.4 Å². The zero-order valence-corrected chi connectivity index (χ0v) is 15.9. The molecule has 1 heterocycles. The topological polar surface area (TPSA) is 66.5 Å². The van der Waals surface area contributed by atoms with Gasteiger partial charge in [-0.1, -0.05) is 29.8 Å². The fourth-order valence-corrected chi connectivity index (χ4v) is 4.33. The zero-order valence-electron chi connectivity index (χ0n) is 14.3. The van der Waals surface area contributed by atoms with Crippen LogP contribution in [-0.2, 0) is 21.2 Å². The molecule has 0 aromatic heterocycles. The van der Waals surface area contributed by atoms with Crippen molar-refractivity contribution >= 4 is 33.2 Å². The van der Waals surface area contributed by atoms with Crippen LogP contribution in [0, 0.1) is 0 Å². The molecule has 1 saturated heterocycles. The number of benzene rings is 2. The van der Waals surface area contributed by atoms with E-state index in [1.807, 2.05) is 4.90 Å². The number of likely N-dealkylation sites (tertiary alicyclic amines) is 1. The second kappa shape index (κ2) is 8.10. The van der Waals surface area contributed by atoms with E-state index >= 15 is 0 Å². The van der Waals surface area contributed by atoms with Gasteiger partial charge in [-0.3, -0.25) is 9.52 Å². The lowest BCUT2D eigenvalue weighted by Crippen LogP contribution is -2.36. The van der Waals surface area contributed by atoms with Crippen molar-refractivity contribution in [2.75, 3.05) is 17.8 Å². The summed E-state index contributed by atoms with van der Waals surface area (Å²) in [4.78, 5) is 14.3.